The van der Waals surface area contributed by atoms with Gasteiger partial charge in [0.05, 0.1) is 17.3 Å². The summed E-state index contributed by atoms with van der Waals surface area (Å²) in [6.45, 7) is 5.66. The fraction of sp³-hybridized carbons (Fsp3) is 0.290. The lowest BCUT2D eigenvalue weighted by atomic mass is 9.88. The highest BCUT2D eigenvalue weighted by Crippen LogP contribution is 2.43. The monoisotopic (exact) mass is 516 g/mol. The van der Waals surface area contributed by atoms with Crippen molar-refractivity contribution >= 4 is 28.8 Å². The SMILES string of the molecule is CCN(CC)c1ccc(C2/C(=C(/O)c3ccc4c(c3)CCCC4)C(=O)C(=O)N2c2cc(F)ccc2F)cc1. The van der Waals surface area contributed by atoms with Crippen LogP contribution in [0.2, 0.25) is 0 Å². The Balaban J connectivity index is 1.68. The van der Waals surface area contributed by atoms with Crippen molar-refractivity contribution in [2.45, 2.75) is 45.6 Å². The van der Waals surface area contributed by atoms with Crippen LogP contribution >= 0.6 is 0 Å². The van der Waals surface area contributed by atoms with Gasteiger partial charge in [0.2, 0.25) is 0 Å². The molecule has 2 aliphatic rings. The zero-order valence-corrected chi connectivity index (χ0v) is 21.5. The van der Waals surface area contributed by atoms with Gasteiger partial charge in [0.1, 0.15) is 17.4 Å². The highest BCUT2D eigenvalue weighted by molar-refractivity contribution is 6.51. The fourth-order valence-corrected chi connectivity index (χ4v) is 5.56. The number of nitrogens with zero attached hydrogens (tertiary/aromatic N) is 2. The fourth-order valence-electron chi connectivity index (χ4n) is 5.56. The lowest BCUT2D eigenvalue weighted by Gasteiger charge is -2.27. The van der Waals surface area contributed by atoms with Crippen molar-refractivity contribution in [3.63, 3.8) is 0 Å². The van der Waals surface area contributed by atoms with Gasteiger partial charge in [0.25, 0.3) is 11.7 Å². The minimum absolute atomic E-state index is 0.148. The highest BCUT2D eigenvalue weighted by Gasteiger charge is 2.48. The Bertz CT molecular complexity index is 1430. The van der Waals surface area contributed by atoms with Crippen LogP contribution < -0.4 is 9.80 Å². The molecule has 0 bridgehead atoms. The third-order valence-corrected chi connectivity index (χ3v) is 7.57. The molecule has 1 heterocycles. The maximum atomic E-state index is 15.0. The van der Waals surface area contributed by atoms with E-state index in [1.54, 1.807) is 18.2 Å². The topological polar surface area (TPSA) is 60.9 Å². The zero-order valence-electron chi connectivity index (χ0n) is 21.5. The minimum atomic E-state index is -1.13. The van der Waals surface area contributed by atoms with E-state index in [2.05, 4.69) is 4.90 Å². The molecule has 1 aliphatic heterocycles. The second-order valence-corrected chi connectivity index (χ2v) is 9.72. The molecule has 1 N–H and O–H groups in total. The lowest BCUT2D eigenvalue weighted by molar-refractivity contribution is -0.132. The van der Waals surface area contributed by atoms with Crippen LogP contribution in [0.5, 0.6) is 0 Å². The first-order valence-electron chi connectivity index (χ1n) is 13.1. The summed E-state index contributed by atoms with van der Waals surface area (Å²) in [6, 6.07) is 14.4. The lowest BCUT2D eigenvalue weighted by Crippen LogP contribution is -2.30. The molecule has 3 aromatic carbocycles. The molecule has 0 radical (unpaired) electrons. The van der Waals surface area contributed by atoms with E-state index in [-0.39, 0.29) is 17.0 Å². The van der Waals surface area contributed by atoms with Gasteiger partial charge in [0, 0.05) is 30.4 Å². The first kappa shape index (κ1) is 25.6. The van der Waals surface area contributed by atoms with Gasteiger partial charge < -0.3 is 10.0 Å². The van der Waals surface area contributed by atoms with E-state index >= 15 is 0 Å². The Hall–Kier alpha value is -4.00. The predicted octanol–water partition coefficient (Wildman–Crippen LogP) is 6.32. The maximum Gasteiger partial charge on any atom is 0.300 e. The Labute approximate surface area is 221 Å². The number of aliphatic hydroxyl groups excluding tert-OH is 1. The Morgan fingerprint density at radius 1 is 0.921 bits per heavy atom. The number of benzene rings is 3. The number of amides is 1. The summed E-state index contributed by atoms with van der Waals surface area (Å²) >= 11 is 0. The molecule has 1 fully saturated rings. The number of fused-ring (bicyclic) bond motifs is 1. The molecule has 0 saturated carbocycles. The van der Waals surface area contributed by atoms with E-state index in [9.17, 15) is 23.5 Å². The average Bonchev–Trinajstić information content (AvgIpc) is 3.20. The first-order valence-corrected chi connectivity index (χ1v) is 13.1. The Kier molecular flexibility index (Phi) is 7.02. The summed E-state index contributed by atoms with van der Waals surface area (Å²) in [5.41, 5.74) is 3.68. The van der Waals surface area contributed by atoms with Gasteiger partial charge in [-0.25, -0.2) is 8.78 Å². The molecule has 196 valence electrons. The van der Waals surface area contributed by atoms with Crippen LogP contribution in [-0.4, -0.2) is 29.9 Å². The third kappa shape index (κ3) is 4.46. The number of rotatable bonds is 6. The minimum Gasteiger partial charge on any atom is -0.507 e. The van der Waals surface area contributed by atoms with E-state index < -0.39 is 29.4 Å². The number of ketones is 1. The van der Waals surface area contributed by atoms with Gasteiger partial charge in [-0.3, -0.25) is 14.5 Å². The molecule has 1 unspecified atom stereocenters. The van der Waals surface area contributed by atoms with Gasteiger partial charge in [-0.15, -0.1) is 0 Å². The number of aryl methyl sites for hydroxylation is 2. The molecule has 5 rings (SSSR count). The second kappa shape index (κ2) is 10.4. The molecule has 1 amide bonds. The van der Waals surface area contributed by atoms with Gasteiger partial charge in [-0.2, -0.15) is 0 Å². The summed E-state index contributed by atoms with van der Waals surface area (Å²) in [5, 5.41) is 11.5. The summed E-state index contributed by atoms with van der Waals surface area (Å²) in [5.74, 6) is -3.87. The number of halogens is 2. The molecule has 1 aliphatic carbocycles. The molecule has 0 aromatic heterocycles. The molecule has 3 aromatic rings. The van der Waals surface area contributed by atoms with Gasteiger partial charge in [-0.1, -0.05) is 24.3 Å². The largest absolute Gasteiger partial charge is 0.507 e. The summed E-state index contributed by atoms with van der Waals surface area (Å²) in [7, 11) is 0. The van der Waals surface area contributed by atoms with Gasteiger partial charge in [-0.05, 0) is 86.6 Å². The molecule has 7 heteroatoms. The number of hydrogen-bond donors (Lipinski definition) is 1. The number of aliphatic hydroxyl groups is 1. The van der Waals surface area contributed by atoms with Crippen molar-refractivity contribution in [1.82, 2.24) is 0 Å². The number of hydrogen-bond acceptors (Lipinski definition) is 4. The highest BCUT2D eigenvalue weighted by atomic mass is 19.1. The van der Waals surface area contributed by atoms with Crippen molar-refractivity contribution in [2.75, 3.05) is 22.9 Å². The van der Waals surface area contributed by atoms with Crippen LogP contribution in [-0.2, 0) is 22.4 Å². The van der Waals surface area contributed by atoms with E-state index in [4.69, 9.17) is 0 Å². The second-order valence-electron chi connectivity index (χ2n) is 9.72. The van der Waals surface area contributed by atoms with Crippen molar-refractivity contribution in [1.29, 1.82) is 0 Å². The van der Waals surface area contributed by atoms with Gasteiger partial charge in [0.15, 0.2) is 0 Å². The third-order valence-electron chi connectivity index (χ3n) is 7.57. The zero-order chi connectivity index (χ0) is 27.0. The standard InChI is InChI=1S/C31H30F2N2O3/c1-3-34(4-2)24-14-11-20(12-15-24)28-27(29(36)22-10-9-19-7-5-6-8-21(19)17-22)30(37)31(38)35(28)26-18-23(32)13-16-25(26)33/h9-18,28,36H,3-8H2,1-2H3/b29-27-. The smallest absolute Gasteiger partial charge is 0.300 e. The number of Topliss-reactive ketones (excluding diaryl/α,β-unsaturated/α-hetero) is 1. The molecule has 5 nitrogen and oxygen atoms in total. The van der Waals surface area contributed by atoms with Crippen molar-refractivity contribution in [3.05, 3.63) is 100 Å². The molecule has 1 saturated heterocycles. The van der Waals surface area contributed by atoms with Crippen LogP contribution in [0, 0.1) is 11.6 Å². The summed E-state index contributed by atoms with van der Waals surface area (Å²) in [6.07, 6.45) is 3.97. The first-order chi connectivity index (χ1) is 18.3. The predicted molar refractivity (Wildman–Crippen MR) is 144 cm³/mol. The van der Waals surface area contributed by atoms with Crippen LogP contribution in [0.25, 0.3) is 5.76 Å². The molecular formula is C31H30F2N2O3. The Morgan fingerprint density at radius 3 is 2.29 bits per heavy atom. The van der Waals surface area contributed by atoms with Crippen molar-refractivity contribution in [3.8, 4) is 0 Å². The van der Waals surface area contributed by atoms with Crippen molar-refractivity contribution < 1.29 is 23.5 Å². The van der Waals surface area contributed by atoms with Crippen LogP contribution in [0.3, 0.4) is 0 Å². The summed E-state index contributed by atoms with van der Waals surface area (Å²) < 4.78 is 29.2. The number of carbonyl (C=O) groups excluding carboxylic acids is 2. The normalized spacial score (nSPS) is 18.5. The molecule has 1 atom stereocenters. The number of anilines is 2. The van der Waals surface area contributed by atoms with E-state index in [0.717, 1.165) is 73.1 Å². The van der Waals surface area contributed by atoms with E-state index in [1.165, 1.54) is 5.56 Å². The molecule has 0 spiro atoms. The average molecular weight is 517 g/mol. The van der Waals surface area contributed by atoms with Crippen LogP contribution in [0.15, 0.2) is 66.2 Å². The van der Waals surface area contributed by atoms with E-state index in [1.807, 2.05) is 38.1 Å². The van der Waals surface area contributed by atoms with Crippen LogP contribution in [0.4, 0.5) is 20.2 Å². The summed E-state index contributed by atoms with van der Waals surface area (Å²) in [4.78, 5) is 29.8. The van der Waals surface area contributed by atoms with E-state index in [0.29, 0.717) is 11.1 Å². The maximum absolute atomic E-state index is 15.0. The number of carbonyl (C=O) groups is 2. The van der Waals surface area contributed by atoms with Gasteiger partial charge >= 0.3 is 0 Å². The van der Waals surface area contributed by atoms with Crippen LogP contribution in [0.1, 0.15) is 55.0 Å². The molecule has 38 heavy (non-hydrogen) atoms. The quantitative estimate of drug-likeness (QED) is 0.237. The molecular weight excluding hydrogens is 486 g/mol. The Morgan fingerprint density at radius 2 is 1.61 bits per heavy atom. The van der Waals surface area contributed by atoms with Crippen molar-refractivity contribution in [2.24, 2.45) is 0 Å².